The zero-order valence-electron chi connectivity index (χ0n) is 16.6. The first-order chi connectivity index (χ1) is 13.6. The highest BCUT2D eigenvalue weighted by Gasteiger charge is 2.21. The van der Waals surface area contributed by atoms with Crippen LogP contribution < -0.4 is 4.74 Å². The van der Waals surface area contributed by atoms with Crippen molar-refractivity contribution in [3.63, 3.8) is 0 Å². The van der Waals surface area contributed by atoms with Gasteiger partial charge in [0.15, 0.2) is 0 Å². The Balaban J connectivity index is 1.80. The summed E-state index contributed by atoms with van der Waals surface area (Å²) in [5.74, 6) is 0.925. The van der Waals surface area contributed by atoms with Gasteiger partial charge in [-0.05, 0) is 47.4 Å². The molecule has 144 valence electrons. The predicted molar refractivity (Wildman–Crippen MR) is 111 cm³/mol. The van der Waals surface area contributed by atoms with Crippen molar-refractivity contribution in [2.24, 2.45) is 0 Å². The molecule has 0 saturated carbocycles. The Morgan fingerprint density at radius 2 is 1.71 bits per heavy atom. The molecule has 0 unspecified atom stereocenters. The van der Waals surface area contributed by atoms with E-state index in [2.05, 4.69) is 17.1 Å². The minimum Gasteiger partial charge on any atom is -0.497 e. The van der Waals surface area contributed by atoms with E-state index in [0.717, 1.165) is 28.0 Å². The van der Waals surface area contributed by atoms with Crippen molar-refractivity contribution < 1.29 is 9.53 Å². The maximum Gasteiger partial charge on any atom is 0.223 e. The third-order valence-corrected chi connectivity index (χ3v) is 5.07. The number of hydrogen-bond donors (Lipinski definition) is 0. The fourth-order valence-corrected chi connectivity index (χ4v) is 3.30. The number of hydrogen-bond acceptors (Lipinski definition) is 3. The molecule has 0 radical (unpaired) electrons. The van der Waals surface area contributed by atoms with Gasteiger partial charge in [0.05, 0.1) is 7.11 Å². The fraction of sp³-hybridized carbons (Fsp3) is 0.250. The molecule has 3 aromatic rings. The Morgan fingerprint density at radius 3 is 2.36 bits per heavy atom. The number of methoxy groups -OCH3 is 1. The largest absolute Gasteiger partial charge is 0.497 e. The average molecular weight is 374 g/mol. The van der Waals surface area contributed by atoms with Gasteiger partial charge in [-0.2, -0.15) is 0 Å². The van der Waals surface area contributed by atoms with E-state index in [9.17, 15) is 4.79 Å². The Kier molecular flexibility index (Phi) is 6.43. The molecule has 0 aliphatic heterocycles. The van der Waals surface area contributed by atoms with Gasteiger partial charge in [0.25, 0.3) is 0 Å². The van der Waals surface area contributed by atoms with Crippen LogP contribution >= 0.6 is 0 Å². The molecule has 1 amide bonds. The lowest BCUT2D eigenvalue weighted by atomic mass is 9.88. The summed E-state index contributed by atoms with van der Waals surface area (Å²) in [4.78, 5) is 18.9. The van der Waals surface area contributed by atoms with Gasteiger partial charge < -0.3 is 9.64 Å². The highest BCUT2D eigenvalue weighted by atomic mass is 16.5. The van der Waals surface area contributed by atoms with Gasteiger partial charge in [-0.1, -0.05) is 42.5 Å². The van der Waals surface area contributed by atoms with Crippen LogP contribution in [0.25, 0.3) is 0 Å². The van der Waals surface area contributed by atoms with E-state index in [1.54, 1.807) is 18.2 Å². The molecule has 1 heterocycles. The van der Waals surface area contributed by atoms with Gasteiger partial charge in [-0.15, -0.1) is 0 Å². The minimum absolute atomic E-state index is 0.000549. The van der Waals surface area contributed by atoms with Crippen LogP contribution in [-0.4, -0.2) is 29.9 Å². The number of carbonyl (C=O) groups is 1. The lowest BCUT2D eigenvalue weighted by Gasteiger charge is -2.23. The molecule has 0 aliphatic carbocycles. The summed E-state index contributed by atoms with van der Waals surface area (Å²) in [7, 11) is 3.52. The molecule has 3 rings (SSSR count). The van der Waals surface area contributed by atoms with Crippen LogP contribution in [-0.2, 0) is 11.3 Å². The second kappa shape index (κ2) is 9.18. The van der Waals surface area contributed by atoms with Gasteiger partial charge in [0, 0.05) is 38.3 Å². The first kappa shape index (κ1) is 19.6. The monoisotopic (exact) mass is 374 g/mol. The van der Waals surface area contributed by atoms with Crippen molar-refractivity contribution in [1.29, 1.82) is 0 Å². The number of aromatic nitrogens is 1. The number of aryl methyl sites for hydroxylation is 1. The van der Waals surface area contributed by atoms with E-state index in [1.165, 1.54) is 0 Å². The Hall–Kier alpha value is -3.14. The molecule has 4 heteroatoms. The van der Waals surface area contributed by atoms with Crippen molar-refractivity contribution in [3.8, 4) is 5.75 Å². The van der Waals surface area contributed by atoms with Gasteiger partial charge in [0.1, 0.15) is 5.75 Å². The molecule has 0 spiro atoms. The lowest BCUT2D eigenvalue weighted by Crippen LogP contribution is -2.28. The summed E-state index contributed by atoms with van der Waals surface area (Å²) in [6, 6.07) is 20.1. The number of amides is 1. The van der Waals surface area contributed by atoms with Crippen molar-refractivity contribution >= 4 is 5.91 Å². The van der Waals surface area contributed by atoms with Crippen LogP contribution in [0.2, 0.25) is 0 Å². The Morgan fingerprint density at radius 1 is 1.04 bits per heavy atom. The highest BCUT2D eigenvalue weighted by Crippen LogP contribution is 2.30. The first-order valence-electron chi connectivity index (χ1n) is 9.41. The molecular weight excluding hydrogens is 348 g/mol. The molecule has 0 bridgehead atoms. The molecule has 4 nitrogen and oxygen atoms in total. The summed E-state index contributed by atoms with van der Waals surface area (Å²) in [6.45, 7) is 2.60. The summed E-state index contributed by atoms with van der Waals surface area (Å²) < 4.78 is 5.27. The van der Waals surface area contributed by atoms with Gasteiger partial charge >= 0.3 is 0 Å². The maximum atomic E-state index is 13.0. The standard InChI is InChI=1S/C24H26N2O2/c1-18-16-25-14-13-21(18)17-26(2)24(27)15-23(19-7-5-4-6-8-19)20-9-11-22(28-3)12-10-20/h4-14,16,23H,15,17H2,1-3H3/t23-/m1/s1. The van der Waals surface area contributed by atoms with Crippen LogP contribution in [0.15, 0.2) is 73.1 Å². The molecule has 0 saturated heterocycles. The Bertz CT molecular complexity index is 907. The molecule has 2 aromatic carbocycles. The quantitative estimate of drug-likeness (QED) is 0.608. The van der Waals surface area contributed by atoms with E-state index < -0.39 is 0 Å². The van der Waals surface area contributed by atoms with E-state index >= 15 is 0 Å². The first-order valence-corrected chi connectivity index (χ1v) is 9.41. The van der Waals surface area contributed by atoms with Crippen molar-refractivity contribution in [2.75, 3.05) is 14.2 Å². The number of ether oxygens (including phenoxy) is 1. The highest BCUT2D eigenvalue weighted by molar-refractivity contribution is 5.77. The van der Waals surface area contributed by atoms with Crippen LogP contribution in [0.5, 0.6) is 5.75 Å². The normalized spacial score (nSPS) is 11.7. The zero-order valence-corrected chi connectivity index (χ0v) is 16.6. The Labute approximate surface area is 166 Å². The minimum atomic E-state index is 0.000549. The second-order valence-corrected chi connectivity index (χ2v) is 6.99. The number of rotatable bonds is 7. The SMILES string of the molecule is COc1ccc([C@H](CC(=O)N(C)Cc2ccncc2C)c2ccccc2)cc1. The molecule has 1 atom stereocenters. The lowest BCUT2D eigenvalue weighted by molar-refractivity contribution is -0.130. The maximum absolute atomic E-state index is 13.0. The van der Waals surface area contributed by atoms with E-state index in [0.29, 0.717) is 13.0 Å². The molecule has 28 heavy (non-hydrogen) atoms. The van der Waals surface area contributed by atoms with E-state index in [1.807, 2.05) is 68.7 Å². The van der Waals surface area contributed by atoms with Crippen LogP contribution in [0, 0.1) is 6.92 Å². The molecule has 0 fully saturated rings. The van der Waals surface area contributed by atoms with E-state index in [4.69, 9.17) is 4.74 Å². The molecule has 0 N–H and O–H groups in total. The third-order valence-electron chi connectivity index (χ3n) is 5.07. The van der Waals surface area contributed by atoms with Crippen molar-refractivity contribution in [3.05, 3.63) is 95.3 Å². The third kappa shape index (κ3) is 4.77. The van der Waals surface area contributed by atoms with E-state index in [-0.39, 0.29) is 11.8 Å². The predicted octanol–water partition coefficient (Wildman–Crippen LogP) is 4.58. The molecule has 0 aliphatic rings. The van der Waals surface area contributed by atoms with Gasteiger partial charge in [0.2, 0.25) is 5.91 Å². The number of pyridine rings is 1. The molecular formula is C24H26N2O2. The van der Waals surface area contributed by atoms with Gasteiger partial charge in [-0.3, -0.25) is 9.78 Å². The second-order valence-electron chi connectivity index (χ2n) is 6.99. The fourth-order valence-electron chi connectivity index (χ4n) is 3.30. The van der Waals surface area contributed by atoms with Crippen LogP contribution in [0.4, 0.5) is 0 Å². The zero-order chi connectivity index (χ0) is 19.9. The summed E-state index contributed by atoms with van der Waals surface area (Å²) in [5, 5.41) is 0. The number of nitrogens with zero attached hydrogens (tertiary/aromatic N) is 2. The summed E-state index contributed by atoms with van der Waals surface area (Å²) in [5.41, 5.74) is 4.45. The summed E-state index contributed by atoms with van der Waals surface area (Å²) in [6.07, 6.45) is 4.01. The van der Waals surface area contributed by atoms with Gasteiger partial charge in [-0.25, -0.2) is 0 Å². The summed E-state index contributed by atoms with van der Waals surface area (Å²) >= 11 is 0. The van der Waals surface area contributed by atoms with Crippen LogP contribution in [0.3, 0.4) is 0 Å². The van der Waals surface area contributed by atoms with Crippen LogP contribution in [0.1, 0.15) is 34.6 Å². The average Bonchev–Trinajstić information content (AvgIpc) is 2.74. The molecule has 1 aromatic heterocycles. The van der Waals surface area contributed by atoms with Crippen molar-refractivity contribution in [1.82, 2.24) is 9.88 Å². The number of benzene rings is 2. The smallest absolute Gasteiger partial charge is 0.223 e. The topological polar surface area (TPSA) is 42.4 Å². The number of carbonyl (C=O) groups excluding carboxylic acids is 1. The van der Waals surface area contributed by atoms with Crippen molar-refractivity contribution in [2.45, 2.75) is 25.8 Å².